The van der Waals surface area contributed by atoms with Gasteiger partial charge in [-0.3, -0.25) is 9.98 Å². The maximum Gasteiger partial charge on any atom is 0.242 e. The average Bonchev–Trinajstić information content (AvgIpc) is 3.15. The molecule has 0 aromatic carbocycles. The smallest absolute Gasteiger partial charge is 0.242 e. The van der Waals surface area contributed by atoms with Crippen molar-refractivity contribution < 1.29 is 8.42 Å². The fourth-order valence-electron chi connectivity index (χ4n) is 3.03. The highest BCUT2D eigenvalue weighted by Gasteiger charge is 2.23. The van der Waals surface area contributed by atoms with Gasteiger partial charge in [0.25, 0.3) is 0 Å². The van der Waals surface area contributed by atoms with Crippen LogP contribution < -0.4 is 15.4 Å². The molecule has 3 rings (SSSR count). The minimum Gasteiger partial charge on any atom is -0.355 e. The number of sulfonamides is 1. The summed E-state index contributed by atoms with van der Waals surface area (Å²) in [4.78, 5) is 12.8. The zero-order chi connectivity index (χ0) is 20.9. The third kappa shape index (κ3) is 5.51. The van der Waals surface area contributed by atoms with Gasteiger partial charge in [-0.2, -0.15) is 5.10 Å². The van der Waals surface area contributed by atoms with Gasteiger partial charge in [-0.25, -0.2) is 22.8 Å². The van der Waals surface area contributed by atoms with Crippen molar-refractivity contribution in [1.29, 1.82) is 0 Å². The molecule has 2 aromatic rings. The Kier molecular flexibility index (Phi) is 6.80. The summed E-state index contributed by atoms with van der Waals surface area (Å²) in [7, 11) is -1.87. The van der Waals surface area contributed by atoms with Gasteiger partial charge in [-0.05, 0) is 18.6 Å². The lowest BCUT2D eigenvalue weighted by Crippen LogP contribution is -2.48. The average molecular weight is 421 g/mol. The second-order valence-corrected chi connectivity index (χ2v) is 8.96. The van der Waals surface area contributed by atoms with Gasteiger partial charge >= 0.3 is 0 Å². The van der Waals surface area contributed by atoms with Gasteiger partial charge in [0.05, 0.1) is 6.54 Å². The lowest BCUT2D eigenvalue weighted by atomic mass is 10.1. The topological polar surface area (TPSA) is 126 Å². The molecule has 0 saturated carbocycles. The molecular weight excluding hydrogens is 392 g/mol. The summed E-state index contributed by atoms with van der Waals surface area (Å²) in [5.41, 5.74) is 0. The summed E-state index contributed by atoms with van der Waals surface area (Å²) in [5.74, 6) is 2.84. The van der Waals surface area contributed by atoms with Crippen molar-refractivity contribution in [2.75, 3.05) is 20.1 Å². The number of fused-ring (bicyclic) bond motifs is 1. The highest BCUT2D eigenvalue weighted by Crippen LogP contribution is 2.16. The normalized spacial score (nSPS) is 17.2. The third-order valence-electron chi connectivity index (χ3n) is 4.61. The summed E-state index contributed by atoms with van der Waals surface area (Å²) in [5, 5.41) is 11.1. The largest absolute Gasteiger partial charge is 0.355 e. The van der Waals surface area contributed by atoms with Crippen LogP contribution in [0.3, 0.4) is 0 Å². The molecule has 0 radical (unpaired) electrons. The minimum atomic E-state index is -3.56. The van der Waals surface area contributed by atoms with Crippen LogP contribution in [0, 0.1) is 0 Å². The molecule has 1 aliphatic rings. The van der Waals surface area contributed by atoms with Gasteiger partial charge in [-0.15, -0.1) is 0 Å². The van der Waals surface area contributed by atoms with Crippen molar-refractivity contribution in [3.05, 3.63) is 36.2 Å². The fraction of sp³-hybridized carbons (Fsp3) is 0.556. The molecule has 158 valence electrons. The van der Waals surface area contributed by atoms with Gasteiger partial charge in [0.2, 0.25) is 10.0 Å². The van der Waals surface area contributed by atoms with E-state index in [4.69, 9.17) is 0 Å². The SMILES string of the molecule is CN=C(NCCNS(=O)(=O)c1cccnc1)NC1CCc2nc(C(C)C)nn2C1. The van der Waals surface area contributed by atoms with Crippen LogP contribution >= 0.6 is 0 Å². The number of hydrogen-bond donors (Lipinski definition) is 3. The molecule has 3 heterocycles. The summed E-state index contributed by atoms with van der Waals surface area (Å²) in [6.07, 6.45) is 4.65. The van der Waals surface area contributed by atoms with E-state index < -0.39 is 10.0 Å². The van der Waals surface area contributed by atoms with E-state index in [0.717, 1.165) is 31.0 Å². The predicted molar refractivity (Wildman–Crippen MR) is 110 cm³/mol. The van der Waals surface area contributed by atoms with E-state index in [1.165, 1.54) is 18.5 Å². The molecular formula is C18H28N8O2S. The zero-order valence-corrected chi connectivity index (χ0v) is 17.8. The monoisotopic (exact) mass is 420 g/mol. The molecule has 0 spiro atoms. The van der Waals surface area contributed by atoms with Crippen molar-refractivity contribution in [3.63, 3.8) is 0 Å². The summed E-state index contributed by atoms with van der Waals surface area (Å²) < 4.78 is 28.9. The number of aryl methyl sites for hydroxylation is 1. The summed E-state index contributed by atoms with van der Waals surface area (Å²) in [6.45, 7) is 5.53. The van der Waals surface area contributed by atoms with Crippen molar-refractivity contribution in [2.45, 2.75) is 50.1 Å². The van der Waals surface area contributed by atoms with E-state index in [0.29, 0.717) is 18.4 Å². The maximum absolute atomic E-state index is 12.2. The molecule has 0 saturated heterocycles. The van der Waals surface area contributed by atoms with Gasteiger partial charge in [0.1, 0.15) is 10.7 Å². The van der Waals surface area contributed by atoms with Gasteiger partial charge in [-0.1, -0.05) is 13.8 Å². The molecule has 1 unspecified atom stereocenters. The van der Waals surface area contributed by atoms with Crippen molar-refractivity contribution in [3.8, 4) is 0 Å². The first-order chi connectivity index (χ1) is 13.9. The Labute approximate surface area is 171 Å². The Bertz CT molecular complexity index is 940. The van der Waals surface area contributed by atoms with E-state index in [1.54, 1.807) is 13.1 Å². The Morgan fingerprint density at radius 3 is 2.90 bits per heavy atom. The molecule has 0 fully saturated rings. The number of aliphatic imine (C=N–C) groups is 1. The van der Waals surface area contributed by atoms with Crippen LogP contribution in [0.5, 0.6) is 0 Å². The van der Waals surface area contributed by atoms with Crippen molar-refractivity contribution >= 4 is 16.0 Å². The zero-order valence-electron chi connectivity index (χ0n) is 17.0. The van der Waals surface area contributed by atoms with Crippen molar-refractivity contribution in [1.82, 2.24) is 35.1 Å². The first-order valence-electron chi connectivity index (χ1n) is 9.69. The number of nitrogens with zero attached hydrogens (tertiary/aromatic N) is 5. The van der Waals surface area contributed by atoms with E-state index in [1.807, 2.05) is 4.68 Å². The second kappa shape index (κ2) is 9.31. The van der Waals surface area contributed by atoms with E-state index in [2.05, 4.69) is 49.3 Å². The van der Waals surface area contributed by atoms with Crippen LogP contribution in [-0.4, -0.2) is 60.3 Å². The number of aromatic nitrogens is 4. The van der Waals surface area contributed by atoms with Gasteiger partial charge in [0, 0.05) is 50.9 Å². The minimum absolute atomic E-state index is 0.147. The Balaban J connectivity index is 1.46. The Morgan fingerprint density at radius 2 is 2.21 bits per heavy atom. The lowest BCUT2D eigenvalue weighted by molar-refractivity contribution is 0.391. The third-order valence-corrected chi connectivity index (χ3v) is 6.06. The highest BCUT2D eigenvalue weighted by atomic mass is 32.2. The van der Waals surface area contributed by atoms with E-state index >= 15 is 0 Å². The number of rotatable bonds is 7. The molecule has 3 N–H and O–H groups in total. The van der Waals surface area contributed by atoms with Crippen LogP contribution in [0.25, 0.3) is 0 Å². The van der Waals surface area contributed by atoms with E-state index in [9.17, 15) is 8.42 Å². The van der Waals surface area contributed by atoms with Crippen LogP contribution in [0.1, 0.15) is 37.8 Å². The number of guanidine groups is 1. The van der Waals surface area contributed by atoms with Crippen LogP contribution in [0.2, 0.25) is 0 Å². The molecule has 2 aromatic heterocycles. The first-order valence-corrected chi connectivity index (χ1v) is 11.2. The molecule has 1 aliphatic heterocycles. The van der Waals surface area contributed by atoms with Crippen LogP contribution in [-0.2, 0) is 23.0 Å². The quantitative estimate of drug-likeness (QED) is 0.333. The van der Waals surface area contributed by atoms with E-state index in [-0.39, 0.29) is 17.5 Å². The molecule has 0 amide bonds. The molecule has 29 heavy (non-hydrogen) atoms. The molecule has 11 heteroatoms. The van der Waals surface area contributed by atoms with Crippen LogP contribution in [0.4, 0.5) is 0 Å². The highest BCUT2D eigenvalue weighted by molar-refractivity contribution is 7.89. The molecule has 0 bridgehead atoms. The Morgan fingerprint density at radius 1 is 1.38 bits per heavy atom. The first kappa shape index (κ1) is 21.2. The molecule has 10 nitrogen and oxygen atoms in total. The number of hydrogen-bond acceptors (Lipinski definition) is 6. The second-order valence-electron chi connectivity index (χ2n) is 7.19. The fourth-order valence-corrected chi connectivity index (χ4v) is 4.03. The van der Waals surface area contributed by atoms with Gasteiger partial charge in [0.15, 0.2) is 11.8 Å². The molecule has 1 atom stereocenters. The maximum atomic E-state index is 12.2. The number of pyridine rings is 1. The predicted octanol–water partition coefficient (Wildman–Crippen LogP) is 0.255. The summed E-state index contributed by atoms with van der Waals surface area (Å²) >= 11 is 0. The molecule has 0 aliphatic carbocycles. The number of nitrogens with one attached hydrogen (secondary N) is 3. The van der Waals surface area contributed by atoms with Crippen LogP contribution in [0.15, 0.2) is 34.4 Å². The standard InChI is InChI=1S/C18H28N8O2S/c1-13(2)17-24-16-7-6-14(12-26(16)25-17)23-18(19-3)21-9-10-22-29(27,28)15-5-4-8-20-11-15/h4-5,8,11,13-14,22H,6-7,9-10,12H2,1-3H3,(H2,19,21,23). The van der Waals surface area contributed by atoms with Crippen molar-refractivity contribution in [2.24, 2.45) is 4.99 Å². The summed E-state index contributed by atoms with van der Waals surface area (Å²) in [6, 6.07) is 3.28. The Hall–Kier alpha value is -2.53. The van der Waals surface area contributed by atoms with Gasteiger partial charge < -0.3 is 10.6 Å². The lowest BCUT2D eigenvalue weighted by Gasteiger charge is -2.25.